The molecule has 0 amide bonds. The highest BCUT2D eigenvalue weighted by molar-refractivity contribution is 7.89. The van der Waals surface area contributed by atoms with Crippen LogP contribution in [-0.2, 0) is 16.6 Å². The first kappa shape index (κ1) is 18.9. The lowest BCUT2D eigenvalue weighted by Crippen LogP contribution is -2.48. The third-order valence-corrected chi connectivity index (χ3v) is 6.14. The zero-order chi connectivity index (χ0) is 18.7. The Kier molecular flexibility index (Phi) is 5.64. The van der Waals surface area contributed by atoms with Crippen molar-refractivity contribution in [2.75, 3.05) is 26.2 Å². The number of nitrogens with zero attached hydrogens (tertiary/aromatic N) is 3. The van der Waals surface area contributed by atoms with Crippen LogP contribution in [0.25, 0.3) is 0 Å². The highest BCUT2D eigenvalue weighted by atomic mass is 32.2. The van der Waals surface area contributed by atoms with E-state index >= 15 is 0 Å². The molecule has 0 bridgehead atoms. The highest BCUT2D eigenvalue weighted by Gasteiger charge is 2.28. The van der Waals surface area contributed by atoms with Gasteiger partial charge in [0.1, 0.15) is 11.5 Å². The van der Waals surface area contributed by atoms with Gasteiger partial charge in [0.05, 0.1) is 16.7 Å². The molecule has 1 aliphatic heterocycles. The van der Waals surface area contributed by atoms with Crippen molar-refractivity contribution in [2.24, 2.45) is 0 Å². The highest BCUT2D eigenvalue weighted by Crippen LogP contribution is 2.22. The molecule has 0 spiro atoms. The first-order chi connectivity index (χ1) is 12.3. The molecule has 1 aromatic heterocycles. The Bertz CT molecular complexity index is 822. The van der Waals surface area contributed by atoms with Crippen molar-refractivity contribution < 1.29 is 17.7 Å². The normalized spacial score (nSPS) is 16.9. The molecule has 0 atom stereocenters. The molecular formula is C18H25N3O4S. The Labute approximate surface area is 154 Å². The van der Waals surface area contributed by atoms with Crippen LogP contribution in [-0.4, -0.2) is 55.1 Å². The van der Waals surface area contributed by atoms with Crippen molar-refractivity contribution in [1.82, 2.24) is 14.4 Å². The zero-order valence-corrected chi connectivity index (χ0v) is 16.2. The summed E-state index contributed by atoms with van der Waals surface area (Å²) < 4.78 is 37.8. The zero-order valence-electron chi connectivity index (χ0n) is 15.4. The van der Waals surface area contributed by atoms with Crippen LogP contribution in [0, 0.1) is 6.92 Å². The maximum Gasteiger partial charge on any atom is 0.243 e. The molecule has 1 aromatic carbocycles. The van der Waals surface area contributed by atoms with E-state index < -0.39 is 10.0 Å². The first-order valence-corrected chi connectivity index (χ1v) is 10.2. The summed E-state index contributed by atoms with van der Waals surface area (Å²) in [5, 5.41) is 3.99. The molecule has 1 fully saturated rings. The van der Waals surface area contributed by atoms with Gasteiger partial charge in [-0.05, 0) is 45.0 Å². The fourth-order valence-corrected chi connectivity index (χ4v) is 4.38. The number of aryl methyl sites for hydroxylation is 1. The van der Waals surface area contributed by atoms with Gasteiger partial charge in [-0.15, -0.1) is 0 Å². The number of hydrogen-bond donors (Lipinski definition) is 0. The summed E-state index contributed by atoms with van der Waals surface area (Å²) in [6.45, 7) is 8.66. The van der Waals surface area contributed by atoms with E-state index in [9.17, 15) is 8.42 Å². The number of ether oxygens (including phenoxy) is 1. The van der Waals surface area contributed by atoms with Crippen molar-refractivity contribution in [3.05, 3.63) is 41.8 Å². The monoisotopic (exact) mass is 379 g/mol. The summed E-state index contributed by atoms with van der Waals surface area (Å²) in [6.07, 6.45) is 0.0547. The van der Waals surface area contributed by atoms with Crippen LogP contribution in [0.1, 0.15) is 25.3 Å². The lowest BCUT2D eigenvalue weighted by atomic mass is 10.3. The summed E-state index contributed by atoms with van der Waals surface area (Å²) in [6, 6.07) is 8.53. The smallest absolute Gasteiger partial charge is 0.243 e. The van der Waals surface area contributed by atoms with Gasteiger partial charge in [0, 0.05) is 38.8 Å². The van der Waals surface area contributed by atoms with Gasteiger partial charge in [-0.3, -0.25) is 4.90 Å². The van der Waals surface area contributed by atoms with Gasteiger partial charge >= 0.3 is 0 Å². The molecule has 0 aliphatic carbocycles. The molecule has 142 valence electrons. The van der Waals surface area contributed by atoms with Crippen molar-refractivity contribution in [2.45, 2.75) is 38.3 Å². The molecule has 26 heavy (non-hydrogen) atoms. The number of aromatic nitrogens is 1. The topological polar surface area (TPSA) is 75.9 Å². The predicted molar refractivity (Wildman–Crippen MR) is 97.5 cm³/mol. The molecule has 2 heterocycles. The maximum absolute atomic E-state index is 12.8. The lowest BCUT2D eigenvalue weighted by Gasteiger charge is -2.33. The van der Waals surface area contributed by atoms with E-state index in [-0.39, 0.29) is 6.10 Å². The second-order valence-electron chi connectivity index (χ2n) is 6.75. The average Bonchev–Trinajstić information content (AvgIpc) is 3.00. The van der Waals surface area contributed by atoms with Gasteiger partial charge in [-0.1, -0.05) is 5.16 Å². The molecular weight excluding hydrogens is 354 g/mol. The van der Waals surface area contributed by atoms with Gasteiger partial charge in [-0.2, -0.15) is 4.31 Å². The Morgan fingerprint density at radius 3 is 2.35 bits per heavy atom. The van der Waals surface area contributed by atoms with Crippen LogP contribution in [0.4, 0.5) is 0 Å². The summed E-state index contributed by atoms with van der Waals surface area (Å²) in [5.74, 6) is 1.46. The molecule has 1 saturated heterocycles. The second kappa shape index (κ2) is 7.77. The standard InChI is InChI=1S/C18H25N3O4S/c1-14(2)24-17-4-6-18(7-5-17)26(22,23)21-10-8-20(9-11-21)13-16-12-15(3)25-19-16/h4-7,12,14H,8-11,13H2,1-3H3. The number of rotatable bonds is 6. The fraction of sp³-hybridized carbons (Fsp3) is 0.500. The largest absolute Gasteiger partial charge is 0.491 e. The summed E-state index contributed by atoms with van der Waals surface area (Å²) in [5.41, 5.74) is 0.875. The van der Waals surface area contributed by atoms with E-state index in [1.165, 1.54) is 4.31 Å². The van der Waals surface area contributed by atoms with Crippen LogP contribution in [0.15, 0.2) is 39.8 Å². The van der Waals surface area contributed by atoms with Gasteiger partial charge in [-0.25, -0.2) is 8.42 Å². The average molecular weight is 379 g/mol. The molecule has 0 saturated carbocycles. The van der Waals surface area contributed by atoms with Crippen LogP contribution in [0.3, 0.4) is 0 Å². The minimum absolute atomic E-state index is 0.0547. The van der Waals surface area contributed by atoms with Gasteiger partial charge in [0.15, 0.2) is 0 Å². The van der Waals surface area contributed by atoms with Crippen LogP contribution in [0.2, 0.25) is 0 Å². The van der Waals surface area contributed by atoms with Crippen LogP contribution >= 0.6 is 0 Å². The second-order valence-corrected chi connectivity index (χ2v) is 8.69. The fourth-order valence-electron chi connectivity index (χ4n) is 2.96. The van der Waals surface area contributed by atoms with E-state index in [1.54, 1.807) is 24.3 Å². The molecule has 0 unspecified atom stereocenters. The quantitative estimate of drug-likeness (QED) is 0.766. The molecule has 2 aromatic rings. The minimum Gasteiger partial charge on any atom is -0.491 e. The molecule has 8 heteroatoms. The lowest BCUT2D eigenvalue weighted by molar-refractivity contribution is 0.177. The number of piperazine rings is 1. The van der Waals surface area contributed by atoms with Crippen molar-refractivity contribution in [1.29, 1.82) is 0 Å². The number of sulfonamides is 1. The third kappa shape index (κ3) is 4.44. The van der Waals surface area contributed by atoms with Gasteiger partial charge in [0.25, 0.3) is 0 Å². The maximum atomic E-state index is 12.8. The van der Waals surface area contributed by atoms with Gasteiger partial charge < -0.3 is 9.26 Å². The Morgan fingerprint density at radius 1 is 1.15 bits per heavy atom. The van der Waals surface area contributed by atoms with Crippen LogP contribution in [0.5, 0.6) is 5.75 Å². The molecule has 7 nitrogen and oxygen atoms in total. The Hall–Kier alpha value is -1.90. The summed E-state index contributed by atoms with van der Waals surface area (Å²) in [4.78, 5) is 2.48. The molecule has 1 aliphatic rings. The minimum atomic E-state index is -3.48. The first-order valence-electron chi connectivity index (χ1n) is 8.76. The Morgan fingerprint density at radius 2 is 1.81 bits per heavy atom. The number of benzene rings is 1. The van der Waals surface area contributed by atoms with Crippen molar-refractivity contribution in [3.63, 3.8) is 0 Å². The summed E-state index contributed by atoms with van der Waals surface area (Å²) >= 11 is 0. The predicted octanol–water partition coefficient (Wildman–Crippen LogP) is 2.28. The van der Waals surface area contributed by atoms with E-state index in [1.807, 2.05) is 26.8 Å². The van der Waals surface area contributed by atoms with Crippen LogP contribution < -0.4 is 4.74 Å². The van der Waals surface area contributed by atoms with E-state index in [0.29, 0.717) is 43.4 Å². The third-order valence-electron chi connectivity index (χ3n) is 4.23. The number of hydrogen-bond acceptors (Lipinski definition) is 6. The van der Waals surface area contributed by atoms with Gasteiger partial charge in [0.2, 0.25) is 10.0 Å². The van der Waals surface area contributed by atoms with E-state index in [4.69, 9.17) is 9.26 Å². The Balaban J connectivity index is 1.60. The van der Waals surface area contributed by atoms with Crippen molar-refractivity contribution >= 4 is 10.0 Å². The van der Waals surface area contributed by atoms with E-state index in [0.717, 1.165) is 11.5 Å². The molecule has 0 N–H and O–H groups in total. The van der Waals surface area contributed by atoms with E-state index in [2.05, 4.69) is 10.1 Å². The summed E-state index contributed by atoms with van der Waals surface area (Å²) in [7, 11) is -3.48. The molecule has 0 radical (unpaired) electrons. The van der Waals surface area contributed by atoms with Crippen molar-refractivity contribution in [3.8, 4) is 5.75 Å². The SMILES string of the molecule is Cc1cc(CN2CCN(S(=O)(=O)c3ccc(OC(C)C)cc3)CC2)no1. The molecule has 3 rings (SSSR count).